The average Bonchev–Trinajstić information content (AvgIpc) is 2.82. The van der Waals surface area contributed by atoms with Crippen LogP contribution in [0, 0.1) is 0 Å². The van der Waals surface area contributed by atoms with Gasteiger partial charge in [-0.1, -0.05) is 12.1 Å². The summed E-state index contributed by atoms with van der Waals surface area (Å²) in [6.45, 7) is 1.64. The van der Waals surface area contributed by atoms with Crippen LogP contribution in [0.3, 0.4) is 0 Å². The number of ether oxygens (including phenoxy) is 1. The Morgan fingerprint density at radius 1 is 1.26 bits per heavy atom. The summed E-state index contributed by atoms with van der Waals surface area (Å²) >= 11 is 3.38. The van der Waals surface area contributed by atoms with Crippen LogP contribution in [-0.4, -0.2) is 18.8 Å². The van der Waals surface area contributed by atoms with E-state index in [0.717, 1.165) is 35.1 Å². The molecule has 2 heterocycles. The van der Waals surface area contributed by atoms with E-state index in [1.54, 1.807) is 7.11 Å². The van der Waals surface area contributed by atoms with Gasteiger partial charge in [0.1, 0.15) is 10.4 Å². The monoisotopic (exact) mass is 319 g/mol. The van der Waals surface area contributed by atoms with Crippen molar-refractivity contribution in [3.63, 3.8) is 0 Å². The van der Waals surface area contributed by atoms with Crippen molar-refractivity contribution in [1.82, 2.24) is 4.98 Å². The molecule has 0 aliphatic carbocycles. The highest BCUT2D eigenvalue weighted by Crippen LogP contribution is 2.31. The highest BCUT2D eigenvalue weighted by Gasteiger charge is 2.19. The summed E-state index contributed by atoms with van der Waals surface area (Å²) in [5.41, 5.74) is 2.39. The molecule has 1 aliphatic heterocycles. The molecule has 4 nitrogen and oxygen atoms in total. The number of anilines is 2. The number of aromatic nitrogens is 1. The van der Waals surface area contributed by atoms with Crippen LogP contribution in [0.4, 0.5) is 11.5 Å². The van der Waals surface area contributed by atoms with E-state index in [-0.39, 0.29) is 0 Å². The van der Waals surface area contributed by atoms with Gasteiger partial charge >= 0.3 is 0 Å². The maximum Gasteiger partial charge on any atom is 0.152 e. The van der Waals surface area contributed by atoms with E-state index in [1.807, 2.05) is 18.2 Å². The molecule has 0 amide bonds. The Morgan fingerprint density at radius 3 is 2.79 bits per heavy atom. The van der Waals surface area contributed by atoms with E-state index < -0.39 is 0 Å². The molecule has 1 aromatic heterocycles. The molecule has 0 unspecified atom stereocenters. The third-order valence-electron chi connectivity index (χ3n) is 3.15. The maximum atomic E-state index is 5.17. The summed E-state index contributed by atoms with van der Waals surface area (Å²) in [6, 6.07) is 12.2. The van der Waals surface area contributed by atoms with Crippen LogP contribution in [0.25, 0.3) is 0 Å². The number of benzene rings is 1. The van der Waals surface area contributed by atoms with Crippen molar-refractivity contribution < 1.29 is 4.74 Å². The van der Waals surface area contributed by atoms with Gasteiger partial charge in [0, 0.05) is 6.54 Å². The van der Waals surface area contributed by atoms with Gasteiger partial charge in [0.2, 0.25) is 0 Å². The van der Waals surface area contributed by atoms with Crippen molar-refractivity contribution in [3.8, 4) is 5.75 Å². The highest BCUT2D eigenvalue weighted by molar-refractivity contribution is 9.10. The topological polar surface area (TPSA) is 37.4 Å². The first-order valence-corrected chi connectivity index (χ1v) is 6.84. The molecule has 98 valence electrons. The lowest BCUT2D eigenvalue weighted by Gasteiger charge is -2.17. The molecule has 1 N–H and O–H groups in total. The number of fused-ring (bicyclic) bond motifs is 1. The van der Waals surface area contributed by atoms with Crippen LogP contribution in [-0.2, 0) is 6.54 Å². The average molecular weight is 320 g/mol. The molecule has 5 heteroatoms. The van der Waals surface area contributed by atoms with Crippen molar-refractivity contribution in [2.24, 2.45) is 0 Å². The van der Waals surface area contributed by atoms with Crippen LogP contribution < -0.4 is 15.0 Å². The number of nitrogens with one attached hydrogen (secondary N) is 1. The summed E-state index contributed by atoms with van der Waals surface area (Å²) in [5.74, 6) is 1.82. The van der Waals surface area contributed by atoms with Gasteiger partial charge in [-0.3, -0.25) is 0 Å². The van der Waals surface area contributed by atoms with Crippen molar-refractivity contribution in [2.75, 3.05) is 24.0 Å². The molecule has 2 aromatic rings. The van der Waals surface area contributed by atoms with Crippen molar-refractivity contribution in [1.29, 1.82) is 0 Å². The normalized spacial score (nSPS) is 13.1. The molecule has 0 fully saturated rings. The minimum absolute atomic E-state index is 0.783. The lowest BCUT2D eigenvalue weighted by molar-refractivity contribution is 0.414. The zero-order valence-corrected chi connectivity index (χ0v) is 12.1. The Balaban J connectivity index is 1.78. The minimum atomic E-state index is 0.783. The van der Waals surface area contributed by atoms with E-state index in [4.69, 9.17) is 4.74 Å². The Morgan fingerprint density at radius 2 is 2.05 bits per heavy atom. The van der Waals surface area contributed by atoms with Gasteiger partial charge < -0.3 is 15.0 Å². The minimum Gasteiger partial charge on any atom is -0.497 e. The molecule has 0 spiro atoms. The quantitative estimate of drug-likeness (QED) is 0.881. The van der Waals surface area contributed by atoms with Crippen molar-refractivity contribution >= 4 is 27.4 Å². The third-order valence-corrected chi connectivity index (χ3v) is 3.59. The smallest absolute Gasteiger partial charge is 0.152 e. The van der Waals surface area contributed by atoms with E-state index in [1.165, 1.54) is 5.56 Å². The number of methoxy groups -OCH3 is 1. The Kier molecular flexibility index (Phi) is 3.29. The fourth-order valence-electron chi connectivity index (χ4n) is 2.16. The van der Waals surface area contributed by atoms with Crippen LogP contribution >= 0.6 is 15.9 Å². The summed E-state index contributed by atoms with van der Waals surface area (Å²) in [7, 11) is 1.68. The molecule has 1 aromatic carbocycles. The van der Waals surface area contributed by atoms with E-state index >= 15 is 0 Å². The number of nitrogens with zero attached hydrogens (tertiary/aromatic N) is 2. The number of hydrogen-bond donors (Lipinski definition) is 1. The number of hydrogen-bond acceptors (Lipinski definition) is 4. The first-order chi connectivity index (χ1) is 9.26. The molecule has 0 atom stereocenters. The zero-order chi connectivity index (χ0) is 13.2. The molecule has 0 bridgehead atoms. The first kappa shape index (κ1) is 12.3. The van der Waals surface area contributed by atoms with Gasteiger partial charge in [-0.25, -0.2) is 4.98 Å². The second-order valence-electron chi connectivity index (χ2n) is 4.38. The van der Waals surface area contributed by atoms with E-state index in [9.17, 15) is 0 Å². The molecule has 0 radical (unpaired) electrons. The SMILES string of the molecule is COc1ccc(CN2CNc3nc(Br)ccc32)cc1. The van der Waals surface area contributed by atoms with Gasteiger partial charge in [-0.2, -0.15) is 0 Å². The molecule has 19 heavy (non-hydrogen) atoms. The first-order valence-electron chi connectivity index (χ1n) is 6.04. The van der Waals surface area contributed by atoms with Crippen molar-refractivity contribution in [3.05, 3.63) is 46.6 Å². The standard InChI is InChI=1S/C14H14BrN3O/c1-19-11-4-2-10(3-5-11)8-18-9-16-14-12(18)6-7-13(15)17-14/h2-7H,8-9H2,1H3,(H,16,17). The Hall–Kier alpha value is -1.75. The van der Waals surface area contributed by atoms with E-state index in [2.05, 4.69) is 49.3 Å². The summed E-state index contributed by atoms with van der Waals surface area (Å²) in [5, 5.41) is 3.29. The second-order valence-corrected chi connectivity index (χ2v) is 5.20. The maximum absolute atomic E-state index is 5.17. The number of pyridine rings is 1. The number of halogens is 1. The lowest BCUT2D eigenvalue weighted by Crippen LogP contribution is -2.21. The second kappa shape index (κ2) is 5.09. The van der Waals surface area contributed by atoms with Gasteiger partial charge in [-0.15, -0.1) is 0 Å². The van der Waals surface area contributed by atoms with Crippen LogP contribution in [0.2, 0.25) is 0 Å². The molecular weight excluding hydrogens is 306 g/mol. The zero-order valence-electron chi connectivity index (χ0n) is 10.6. The van der Waals surface area contributed by atoms with Crippen LogP contribution in [0.1, 0.15) is 5.56 Å². The molecule has 1 aliphatic rings. The summed E-state index contributed by atoms with van der Waals surface area (Å²) in [6.07, 6.45) is 0. The highest BCUT2D eigenvalue weighted by atomic mass is 79.9. The fourth-order valence-corrected chi connectivity index (χ4v) is 2.47. The molecule has 0 saturated carbocycles. The van der Waals surface area contributed by atoms with Crippen LogP contribution in [0.15, 0.2) is 41.0 Å². The predicted molar refractivity (Wildman–Crippen MR) is 79.6 cm³/mol. The molecule has 3 rings (SSSR count). The Bertz CT molecular complexity index is 586. The van der Waals surface area contributed by atoms with Gasteiger partial charge in [0.05, 0.1) is 19.5 Å². The van der Waals surface area contributed by atoms with Gasteiger partial charge in [-0.05, 0) is 45.8 Å². The van der Waals surface area contributed by atoms with Gasteiger partial charge in [0.25, 0.3) is 0 Å². The van der Waals surface area contributed by atoms with Gasteiger partial charge in [0.15, 0.2) is 5.82 Å². The third kappa shape index (κ3) is 2.51. The van der Waals surface area contributed by atoms with Crippen LogP contribution in [0.5, 0.6) is 5.75 Å². The molecular formula is C14H14BrN3O. The summed E-state index contributed by atoms with van der Waals surface area (Å²) in [4.78, 5) is 6.68. The lowest BCUT2D eigenvalue weighted by atomic mass is 10.2. The number of rotatable bonds is 3. The fraction of sp³-hybridized carbons (Fsp3) is 0.214. The summed E-state index contributed by atoms with van der Waals surface area (Å²) < 4.78 is 6.02. The van der Waals surface area contributed by atoms with E-state index in [0.29, 0.717) is 0 Å². The van der Waals surface area contributed by atoms with Crippen molar-refractivity contribution in [2.45, 2.75) is 6.54 Å². The largest absolute Gasteiger partial charge is 0.497 e. The Labute approximate surface area is 120 Å². The predicted octanol–water partition coefficient (Wildman–Crippen LogP) is 3.24. The molecule has 0 saturated heterocycles.